The van der Waals surface area contributed by atoms with Crippen LogP contribution >= 0.6 is 11.3 Å². The van der Waals surface area contributed by atoms with Crippen molar-refractivity contribution in [3.05, 3.63) is 21.4 Å². The average Bonchev–Trinajstić information content (AvgIpc) is 2.72. The molecule has 0 saturated carbocycles. The maximum atomic E-state index is 8.92. The molecular formula is C14H23NOS. The molecule has 2 nitrogen and oxygen atoms in total. The van der Waals surface area contributed by atoms with E-state index in [9.17, 15) is 0 Å². The summed E-state index contributed by atoms with van der Waals surface area (Å²) in [7, 11) is 0. The molecule has 0 spiro atoms. The van der Waals surface area contributed by atoms with Gasteiger partial charge in [0.1, 0.15) is 0 Å². The molecule has 0 bridgehead atoms. The topological polar surface area (TPSA) is 32.3 Å². The van der Waals surface area contributed by atoms with Crippen molar-refractivity contribution in [2.24, 2.45) is 0 Å². The molecule has 2 rings (SSSR count). The summed E-state index contributed by atoms with van der Waals surface area (Å²) in [6.45, 7) is 4.63. The summed E-state index contributed by atoms with van der Waals surface area (Å²) < 4.78 is 0. The van der Waals surface area contributed by atoms with Gasteiger partial charge in [0.15, 0.2) is 0 Å². The SMILES string of the molecule is CC(CCO)NC(C)c1cc2c(s1)CCCC2. The van der Waals surface area contributed by atoms with Crippen molar-refractivity contribution in [3.63, 3.8) is 0 Å². The Balaban J connectivity index is 1.99. The lowest BCUT2D eigenvalue weighted by Crippen LogP contribution is -2.29. The van der Waals surface area contributed by atoms with E-state index in [0.29, 0.717) is 12.1 Å². The maximum Gasteiger partial charge on any atom is 0.0445 e. The van der Waals surface area contributed by atoms with E-state index in [1.54, 1.807) is 10.4 Å². The van der Waals surface area contributed by atoms with Gasteiger partial charge in [0.25, 0.3) is 0 Å². The second-order valence-electron chi connectivity index (χ2n) is 5.11. The molecule has 2 N–H and O–H groups in total. The maximum absolute atomic E-state index is 8.92. The molecule has 17 heavy (non-hydrogen) atoms. The van der Waals surface area contributed by atoms with Gasteiger partial charge in [0, 0.05) is 28.4 Å². The summed E-state index contributed by atoms with van der Waals surface area (Å²) >= 11 is 1.98. The van der Waals surface area contributed by atoms with Gasteiger partial charge in [0.2, 0.25) is 0 Å². The van der Waals surface area contributed by atoms with Gasteiger partial charge in [0.05, 0.1) is 0 Å². The summed E-state index contributed by atoms with van der Waals surface area (Å²) in [4.78, 5) is 3.07. The van der Waals surface area contributed by atoms with Gasteiger partial charge in [-0.2, -0.15) is 0 Å². The Morgan fingerprint density at radius 2 is 2.12 bits per heavy atom. The van der Waals surface area contributed by atoms with Crippen molar-refractivity contribution in [2.75, 3.05) is 6.61 Å². The van der Waals surface area contributed by atoms with Crippen molar-refractivity contribution < 1.29 is 5.11 Å². The molecule has 2 unspecified atom stereocenters. The van der Waals surface area contributed by atoms with E-state index in [2.05, 4.69) is 25.2 Å². The smallest absolute Gasteiger partial charge is 0.0445 e. The Kier molecular flexibility index (Phi) is 4.60. The fraction of sp³-hybridized carbons (Fsp3) is 0.714. The monoisotopic (exact) mass is 253 g/mol. The van der Waals surface area contributed by atoms with Crippen LogP contribution in [0.2, 0.25) is 0 Å². The molecule has 96 valence electrons. The molecule has 0 aromatic carbocycles. The number of thiophene rings is 1. The predicted octanol–water partition coefficient (Wildman–Crippen LogP) is 3.05. The van der Waals surface area contributed by atoms with E-state index in [4.69, 9.17) is 5.11 Å². The zero-order valence-electron chi connectivity index (χ0n) is 10.8. The van der Waals surface area contributed by atoms with E-state index in [1.165, 1.54) is 30.6 Å². The molecule has 0 fully saturated rings. The minimum Gasteiger partial charge on any atom is -0.396 e. The fourth-order valence-electron chi connectivity index (χ4n) is 2.51. The van der Waals surface area contributed by atoms with E-state index in [1.807, 2.05) is 11.3 Å². The number of hydrogen-bond donors (Lipinski definition) is 2. The van der Waals surface area contributed by atoms with Gasteiger partial charge in [-0.1, -0.05) is 0 Å². The second kappa shape index (κ2) is 5.98. The number of fused-ring (bicyclic) bond motifs is 1. The zero-order valence-corrected chi connectivity index (χ0v) is 11.6. The lowest BCUT2D eigenvalue weighted by Gasteiger charge is -2.18. The standard InChI is InChI=1S/C14H23NOS/c1-10(7-8-16)15-11(2)14-9-12-5-3-4-6-13(12)17-14/h9-11,15-16H,3-8H2,1-2H3. The highest BCUT2D eigenvalue weighted by atomic mass is 32.1. The van der Waals surface area contributed by atoms with Gasteiger partial charge in [-0.15, -0.1) is 11.3 Å². The number of hydrogen-bond acceptors (Lipinski definition) is 3. The fourth-order valence-corrected chi connectivity index (χ4v) is 3.78. The first-order chi connectivity index (χ1) is 8.20. The Morgan fingerprint density at radius 3 is 2.82 bits per heavy atom. The van der Waals surface area contributed by atoms with Crippen molar-refractivity contribution in [3.8, 4) is 0 Å². The van der Waals surface area contributed by atoms with Crippen LogP contribution in [0.25, 0.3) is 0 Å². The third-order valence-electron chi connectivity index (χ3n) is 3.54. The largest absolute Gasteiger partial charge is 0.396 e. The summed E-state index contributed by atoms with van der Waals surface area (Å²) in [5.74, 6) is 0. The molecule has 0 aliphatic heterocycles. The van der Waals surface area contributed by atoms with Crippen LogP contribution in [-0.4, -0.2) is 17.8 Å². The molecule has 1 aliphatic carbocycles. The van der Waals surface area contributed by atoms with Crippen LogP contribution < -0.4 is 5.32 Å². The Labute approximate surface area is 108 Å². The van der Waals surface area contributed by atoms with Crippen LogP contribution in [0.4, 0.5) is 0 Å². The van der Waals surface area contributed by atoms with Crippen LogP contribution in [0.15, 0.2) is 6.07 Å². The Hall–Kier alpha value is -0.380. The molecule has 1 aliphatic rings. The third-order valence-corrected chi connectivity index (χ3v) is 4.96. The van der Waals surface area contributed by atoms with E-state index in [0.717, 1.165) is 6.42 Å². The first-order valence-electron chi connectivity index (χ1n) is 6.69. The average molecular weight is 253 g/mol. The van der Waals surface area contributed by atoms with Crippen molar-refractivity contribution in [1.29, 1.82) is 0 Å². The molecule has 1 heterocycles. The van der Waals surface area contributed by atoms with Crippen LogP contribution in [-0.2, 0) is 12.8 Å². The third kappa shape index (κ3) is 3.30. The van der Waals surface area contributed by atoms with Crippen LogP contribution in [0.5, 0.6) is 0 Å². The predicted molar refractivity (Wildman–Crippen MR) is 73.7 cm³/mol. The molecule has 0 radical (unpaired) electrons. The van der Waals surface area contributed by atoms with Crippen molar-refractivity contribution in [1.82, 2.24) is 5.32 Å². The highest BCUT2D eigenvalue weighted by molar-refractivity contribution is 7.12. The molecule has 2 atom stereocenters. The minimum atomic E-state index is 0.266. The van der Waals surface area contributed by atoms with Crippen LogP contribution in [0.1, 0.15) is 54.5 Å². The quantitative estimate of drug-likeness (QED) is 0.845. The minimum absolute atomic E-state index is 0.266. The molecule has 0 saturated heterocycles. The van der Waals surface area contributed by atoms with E-state index >= 15 is 0 Å². The lowest BCUT2D eigenvalue weighted by atomic mass is 9.99. The highest BCUT2D eigenvalue weighted by Gasteiger charge is 2.17. The highest BCUT2D eigenvalue weighted by Crippen LogP contribution is 2.32. The molecule has 1 aromatic heterocycles. The van der Waals surface area contributed by atoms with Crippen LogP contribution in [0, 0.1) is 0 Å². The number of rotatable bonds is 5. The zero-order chi connectivity index (χ0) is 12.3. The number of aliphatic hydroxyl groups is 1. The van der Waals surface area contributed by atoms with Crippen molar-refractivity contribution in [2.45, 2.75) is 58.0 Å². The Bertz CT molecular complexity index is 338. The summed E-state index contributed by atoms with van der Waals surface area (Å²) in [5.41, 5.74) is 1.58. The number of aryl methyl sites for hydroxylation is 2. The normalized spacial score (nSPS) is 18.8. The van der Waals surface area contributed by atoms with Gasteiger partial charge < -0.3 is 10.4 Å². The van der Waals surface area contributed by atoms with Gasteiger partial charge in [-0.25, -0.2) is 0 Å². The number of aliphatic hydroxyl groups excluding tert-OH is 1. The van der Waals surface area contributed by atoms with Crippen LogP contribution in [0.3, 0.4) is 0 Å². The van der Waals surface area contributed by atoms with Gasteiger partial charge >= 0.3 is 0 Å². The molecule has 1 aromatic rings. The van der Waals surface area contributed by atoms with E-state index in [-0.39, 0.29) is 6.61 Å². The molecule has 0 amide bonds. The summed E-state index contributed by atoms with van der Waals surface area (Å²) in [6, 6.07) is 3.18. The number of nitrogens with one attached hydrogen (secondary N) is 1. The molecule has 3 heteroatoms. The Morgan fingerprint density at radius 1 is 1.35 bits per heavy atom. The summed E-state index contributed by atoms with van der Waals surface area (Å²) in [5, 5.41) is 12.5. The second-order valence-corrected chi connectivity index (χ2v) is 6.27. The van der Waals surface area contributed by atoms with Gasteiger partial charge in [-0.05, 0) is 57.6 Å². The lowest BCUT2D eigenvalue weighted by molar-refractivity contribution is 0.265. The van der Waals surface area contributed by atoms with E-state index < -0.39 is 0 Å². The molecular weight excluding hydrogens is 230 g/mol. The summed E-state index contributed by atoms with van der Waals surface area (Å²) in [6.07, 6.45) is 6.08. The first-order valence-corrected chi connectivity index (χ1v) is 7.50. The van der Waals surface area contributed by atoms with Crippen molar-refractivity contribution >= 4 is 11.3 Å². The van der Waals surface area contributed by atoms with Gasteiger partial charge in [-0.3, -0.25) is 0 Å². The first kappa shape index (κ1) is 13.1.